The summed E-state index contributed by atoms with van der Waals surface area (Å²) >= 11 is 0. The number of para-hydroxylation sites is 2. The molecular formula is C60H50N6O. The van der Waals surface area contributed by atoms with Gasteiger partial charge in [0.25, 0.3) is 0 Å². The molecule has 0 aliphatic heterocycles. The van der Waals surface area contributed by atoms with Crippen LogP contribution in [0.25, 0.3) is 71.6 Å². The van der Waals surface area contributed by atoms with Gasteiger partial charge in [-0.05, 0) is 75.8 Å². The van der Waals surface area contributed by atoms with Gasteiger partial charge in [-0.15, -0.1) is 0 Å². The Morgan fingerprint density at radius 2 is 1.07 bits per heavy atom. The minimum atomic E-state index is 0.338. The first kappa shape index (κ1) is 42.3. The van der Waals surface area contributed by atoms with E-state index in [0.717, 1.165) is 88.2 Å². The van der Waals surface area contributed by atoms with Gasteiger partial charge in [-0.3, -0.25) is 4.57 Å². The van der Waals surface area contributed by atoms with Crippen molar-refractivity contribution in [2.75, 3.05) is 5.73 Å². The van der Waals surface area contributed by atoms with Crippen LogP contribution in [-0.4, -0.2) is 20.9 Å². The summed E-state index contributed by atoms with van der Waals surface area (Å²) in [6, 6.07) is 75.1. The number of hydrogen-bond acceptors (Lipinski definition) is 3. The van der Waals surface area contributed by atoms with Crippen LogP contribution in [-0.2, 0) is 13.2 Å². The lowest BCUT2D eigenvalue weighted by atomic mass is 10.0. The number of rotatable bonds is 9. The Morgan fingerprint density at radius 1 is 0.507 bits per heavy atom. The molecule has 67 heavy (non-hydrogen) atoms. The molecule has 0 saturated carbocycles. The fraction of sp³-hybridized carbons (Fsp3) is 0.0667. The smallest absolute Gasteiger partial charge is 0.232 e. The van der Waals surface area contributed by atoms with Gasteiger partial charge in [0.2, 0.25) is 5.96 Å². The molecule has 2 heterocycles. The van der Waals surface area contributed by atoms with Crippen LogP contribution in [0.4, 0.5) is 5.69 Å². The molecule has 9 aromatic carbocycles. The van der Waals surface area contributed by atoms with E-state index in [4.69, 9.17) is 26.2 Å². The van der Waals surface area contributed by atoms with Crippen molar-refractivity contribution in [1.82, 2.24) is 9.13 Å². The molecule has 0 saturated heterocycles. The van der Waals surface area contributed by atoms with Crippen molar-refractivity contribution in [3.63, 3.8) is 0 Å². The number of aliphatic imine (C=N–C) groups is 2. The normalized spacial score (nSPS) is 11.9. The average Bonchev–Trinajstić information content (AvgIpc) is 3.92. The first-order valence-corrected chi connectivity index (χ1v) is 22.8. The summed E-state index contributed by atoms with van der Waals surface area (Å²) in [5.74, 6) is 1.36. The maximum absolute atomic E-state index is 6.97. The molecule has 0 amide bonds. The van der Waals surface area contributed by atoms with Crippen molar-refractivity contribution < 1.29 is 4.74 Å². The Bertz CT molecular complexity index is 3570. The van der Waals surface area contributed by atoms with Crippen LogP contribution in [0.5, 0.6) is 5.75 Å². The van der Waals surface area contributed by atoms with E-state index in [1.807, 2.05) is 80.6 Å². The molecule has 11 aromatic rings. The summed E-state index contributed by atoms with van der Waals surface area (Å²) in [4.78, 5) is 10.7. The van der Waals surface area contributed by atoms with E-state index in [0.29, 0.717) is 36.4 Å². The first-order chi connectivity index (χ1) is 33.1. The first-order valence-electron chi connectivity index (χ1n) is 22.8. The van der Waals surface area contributed by atoms with Crippen molar-refractivity contribution in [2.24, 2.45) is 15.7 Å². The number of nitrogens with zero attached hydrogens (tertiary/aromatic N) is 4. The van der Waals surface area contributed by atoms with Gasteiger partial charge < -0.3 is 20.8 Å². The van der Waals surface area contributed by atoms with Crippen LogP contribution in [0.1, 0.15) is 30.5 Å². The van der Waals surface area contributed by atoms with Crippen LogP contribution in [0.2, 0.25) is 0 Å². The molecule has 0 radical (unpaired) electrons. The highest BCUT2D eigenvalue weighted by atomic mass is 16.5. The molecule has 0 atom stereocenters. The molecule has 7 nitrogen and oxygen atoms in total. The van der Waals surface area contributed by atoms with Crippen LogP contribution >= 0.6 is 0 Å². The van der Waals surface area contributed by atoms with E-state index in [9.17, 15) is 0 Å². The molecule has 4 N–H and O–H groups in total. The van der Waals surface area contributed by atoms with Gasteiger partial charge in [0.05, 0.1) is 45.4 Å². The average molecular weight is 871 g/mol. The monoisotopic (exact) mass is 870 g/mol. The number of nitrogen functional groups attached to an aromatic ring is 1. The predicted molar refractivity (Wildman–Crippen MR) is 281 cm³/mol. The van der Waals surface area contributed by atoms with Gasteiger partial charge in [-0.2, -0.15) is 4.99 Å². The summed E-state index contributed by atoms with van der Waals surface area (Å²) in [6.45, 7) is 4.68. The minimum absolute atomic E-state index is 0.338. The van der Waals surface area contributed by atoms with Crippen LogP contribution in [0.15, 0.2) is 228 Å². The second kappa shape index (κ2) is 18.8. The molecule has 326 valence electrons. The van der Waals surface area contributed by atoms with Crippen LogP contribution in [0, 0.1) is 0 Å². The number of ether oxygens (including phenoxy) is 1. The summed E-state index contributed by atoms with van der Waals surface area (Å²) < 4.78 is 11.3. The van der Waals surface area contributed by atoms with Gasteiger partial charge in [-0.25, -0.2) is 4.99 Å². The van der Waals surface area contributed by atoms with Crippen molar-refractivity contribution in [2.45, 2.75) is 27.0 Å². The fourth-order valence-electron chi connectivity index (χ4n) is 9.02. The van der Waals surface area contributed by atoms with Crippen molar-refractivity contribution in [3.8, 4) is 33.7 Å². The van der Waals surface area contributed by atoms with E-state index in [-0.39, 0.29) is 0 Å². The lowest BCUT2D eigenvalue weighted by molar-refractivity contribution is 0.312. The Kier molecular flexibility index (Phi) is 11.9. The van der Waals surface area contributed by atoms with Crippen molar-refractivity contribution >= 4 is 61.1 Å². The quantitative estimate of drug-likeness (QED) is 0.0859. The largest absolute Gasteiger partial charge is 0.486 e. The zero-order valence-corrected chi connectivity index (χ0v) is 37.6. The minimum Gasteiger partial charge on any atom is -0.486 e. The second-order valence-corrected chi connectivity index (χ2v) is 16.2. The van der Waals surface area contributed by atoms with Gasteiger partial charge in [0.1, 0.15) is 12.4 Å². The number of fused-ring (bicyclic) bond motifs is 6. The maximum atomic E-state index is 6.97. The highest BCUT2D eigenvalue weighted by Crippen LogP contribution is 2.44. The molecule has 11 rings (SSSR count). The van der Waals surface area contributed by atoms with E-state index in [1.54, 1.807) is 0 Å². The van der Waals surface area contributed by atoms with E-state index < -0.39 is 0 Å². The van der Waals surface area contributed by atoms with Crippen LogP contribution < -0.4 is 16.2 Å². The number of aromatic nitrogens is 2. The van der Waals surface area contributed by atoms with Gasteiger partial charge in [-0.1, -0.05) is 190 Å². The Labute approximate surface area is 390 Å². The number of benzene rings is 9. The van der Waals surface area contributed by atoms with E-state index in [1.165, 1.54) is 0 Å². The molecular weight excluding hydrogens is 821 g/mol. The summed E-state index contributed by atoms with van der Waals surface area (Å²) in [5.41, 5.74) is 26.6. The molecule has 0 fully saturated rings. The van der Waals surface area contributed by atoms with Crippen molar-refractivity contribution in [1.29, 1.82) is 0 Å². The lowest BCUT2D eigenvalue weighted by Crippen LogP contribution is -2.20. The number of nitrogens with two attached hydrogens (primary N) is 2. The zero-order valence-electron chi connectivity index (χ0n) is 37.6. The number of hydrogen-bond donors (Lipinski definition) is 2. The molecule has 0 aliphatic carbocycles. The molecule has 0 bridgehead atoms. The third-order valence-electron chi connectivity index (χ3n) is 12.1. The lowest BCUT2D eigenvalue weighted by Gasteiger charge is -2.15. The molecule has 0 aliphatic rings. The van der Waals surface area contributed by atoms with Gasteiger partial charge >= 0.3 is 0 Å². The Hall–Kier alpha value is -8.68. The zero-order chi connectivity index (χ0) is 45.7. The van der Waals surface area contributed by atoms with Crippen molar-refractivity contribution in [3.05, 3.63) is 235 Å². The third-order valence-corrected chi connectivity index (χ3v) is 12.1. The van der Waals surface area contributed by atoms with E-state index >= 15 is 0 Å². The van der Waals surface area contributed by atoms with Gasteiger partial charge in [0.15, 0.2) is 5.75 Å². The summed E-state index contributed by atoms with van der Waals surface area (Å²) in [5, 5.41) is 4.09. The molecule has 7 heteroatoms. The summed E-state index contributed by atoms with van der Waals surface area (Å²) in [6.07, 6.45) is 0. The molecule has 2 aromatic heterocycles. The van der Waals surface area contributed by atoms with Crippen LogP contribution in [0.3, 0.4) is 0 Å². The molecule has 0 unspecified atom stereocenters. The van der Waals surface area contributed by atoms with Gasteiger partial charge in [0, 0.05) is 21.7 Å². The Balaban J connectivity index is 0.00000259. The predicted octanol–water partition coefficient (Wildman–Crippen LogP) is 14.2. The SMILES string of the molecule is CC.N/C(=N\C(=NCc1cccc(-c2ccccc2)c1)n1c2ccc(N)c(OCc3ccccc3)c2c2cccc(-n3c4ccccc4c4cc(-c5ccccc5)ccc43)c21)c1ccccc1. The number of amidine groups is 1. The fourth-order valence-corrected chi connectivity index (χ4v) is 9.02. The second-order valence-electron chi connectivity index (χ2n) is 16.2. The topological polar surface area (TPSA) is 95.8 Å². The third kappa shape index (κ3) is 8.19. The number of anilines is 1. The van der Waals surface area contributed by atoms with E-state index in [2.05, 4.69) is 161 Å². The highest BCUT2D eigenvalue weighted by Gasteiger charge is 2.25. The maximum Gasteiger partial charge on any atom is 0.232 e. The standard InChI is InChI=1S/C58H44N6O.C2H6/c59-49-32-34-52-54(56(49)65-38-39-17-5-1-6-18-39)47-28-16-30-53(63-50-29-14-13-27-46(50)48-36-45(31-33-51(48)63)42-22-9-3-10-23-42)55(47)64(52)58(62-57(60)43-24-11-4-12-25-43)61-37-40-19-15-26-44(35-40)41-20-7-2-8-21-41;1-2/h1-36H,37-38,59H2,(H2,60,61,62);1-2H3. The Morgan fingerprint density at radius 3 is 1.81 bits per heavy atom. The highest BCUT2D eigenvalue weighted by molar-refractivity contribution is 6.22. The summed E-state index contributed by atoms with van der Waals surface area (Å²) in [7, 11) is 0. The molecule has 0 spiro atoms.